The lowest BCUT2D eigenvalue weighted by atomic mass is 9.75. The first-order valence-corrected chi connectivity index (χ1v) is 9.08. The van der Waals surface area contributed by atoms with Crippen molar-refractivity contribution in [2.75, 3.05) is 17.6 Å². The first kappa shape index (κ1) is 15.1. The molecule has 1 aromatic rings. The Labute approximate surface area is 130 Å². The Morgan fingerprint density at radius 1 is 1.36 bits per heavy atom. The molecule has 2 aliphatic rings. The molecule has 1 saturated heterocycles. The van der Waals surface area contributed by atoms with Crippen LogP contribution in [0, 0.1) is 11.3 Å². The summed E-state index contributed by atoms with van der Waals surface area (Å²) >= 11 is 0. The number of allylic oxidation sites excluding steroid dienone is 1. The van der Waals surface area contributed by atoms with Crippen molar-refractivity contribution in [1.29, 1.82) is 0 Å². The van der Waals surface area contributed by atoms with Crippen LogP contribution in [0.4, 0.5) is 5.69 Å². The van der Waals surface area contributed by atoms with Gasteiger partial charge in [-0.15, -0.1) is 0 Å². The van der Waals surface area contributed by atoms with Gasteiger partial charge in [-0.05, 0) is 37.0 Å². The van der Waals surface area contributed by atoms with Crippen LogP contribution in [0.5, 0.6) is 0 Å². The summed E-state index contributed by atoms with van der Waals surface area (Å²) in [5.74, 6) is 0.0795. The Kier molecular flexibility index (Phi) is 3.51. The molecule has 0 radical (unpaired) electrons. The molecule has 1 N–H and O–H groups in total. The minimum absolute atomic E-state index is 0.130. The molecule has 0 spiro atoms. The molecule has 0 amide bonds. The van der Waals surface area contributed by atoms with Crippen molar-refractivity contribution in [2.45, 2.75) is 19.3 Å². The van der Waals surface area contributed by atoms with Crippen LogP contribution in [0.25, 0.3) is 0 Å². The minimum atomic E-state index is -3.28. The number of carbonyl (C=O) groups excluding carboxylic acids is 1. The molecule has 1 aromatic carbocycles. The molecular formula is C16H19NO4S. The third-order valence-corrected chi connectivity index (χ3v) is 5.09. The Morgan fingerprint density at radius 2 is 2.05 bits per heavy atom. The molecule has 6 heteroatoms. The SMILES string of the molecule is C=C1CC2COC(=O)C2(Cc2ccc(NS(C)(=O)=O)cc2)C1. The van der Waals surface area contributed by atoms with Crippen molar-refractivity contribution in [2.24, 2.45) is 11.3 Å². The molecule has 2 atom stereocenters. The largest absolute Gasteiger partial charge is 0.465 e. The monoisotopic (exact) mass is 321 g/mol. The van der Waals surface area contributed by atoms with Crippen LogP contribution >= 0.6 is 0 Å². The maximum atomic E-state index is 12.2. The zero-order valence-corrected chi connectivity index (χ0v) is 13.3. The van der Waals surface area contributed by atoms with Crippen molar-refractivity contribution in [3.8, 4) is 0 Å². The quantitative estimate of drug-likeness (QED) is 0.681. The van der Waals surface area contributed by atoms with Gasteiger partial charge in [-0.1, -0.05) is 24.3 Å². The molecule has 0 aromatic heterocycles. The molecule has 118 valence electrons. The number of cyclic esters (lactones) is 1. The van der Waals surface area contributed by atoms with E-state index >= 15 is 0 Å². The summed E-state index contributed by atoms with van der Waals surface area (Å²) in [6.45, 7) is 4.51. The van der Waals surface area contributed by atoms with Crippen molar-refractivity contribution in [1.82, 2.24) is 0 Å². The molecule has 1 aliphatic heterocycles. The highest BCUT2D eigenvalue weighted by molar-refractivity contribution is 7.92. The van der Waals surface area contributed by atoms with Gasteiger partial charge in [0.1, 0.15) is 0 Å². The van der Waals surface area contributed by atoms with Crippen molar-refractivity contribution >= 4 is 21.7 Å². The third-order valence-electron chi connectivity index (χ3n) is 4.48. The van der Waals surface area contributed by atoms with E-state index in [0.29, 0.717) is 25.1 Å². The summed E-state index contributed by atoms with van der Waals surface area (Å²) in [5, 5.41) is 0. The highest BCUT2D eigenvalue weighted by atomic mass is 32.2. The van der Waals surface area contributed by atoms with Crippen LogP contribution in [0.1, 0.15) is 18.4 Å². The van der Waals surface area contributed by atoms with E-state index in [-0.39, 0.29) is 11.9 Å². The van der Waals surface area contributed by atoms with Gasteiger partial charge in [0.25, 0.3) is 0 Å². The Hall–Kier alpha value is -1.82. The molecule has 2 fully saturated rings. The van der Waals surface area contributed by atoms with Gasteiger partial charge in [0.15, 0.2) is 0 Å². The van der Waals surface area contributed by atoms with Crippen LogP contribution in [0.2, 0.25) is 0 Å². The molecule has 1 heterocycles. The Bertz CT molecular complexity index is 723. The van der Waals surface area contributed by atoms with Crippen LogP contribution < -0.4 is 4.72 Å². The zero-order valence-electron chi connectivity index (χ0n) is 12.5. The maximum absolute atomic E-state index is 12.2. The topological polar surface area (TPSA) is 72.5 Å². The molecule has 3 rings (SSSR count). The van der Waals surface area contributed by atoms with Crippen molar-refractivity contribution in [3.05, 3.63) is 42.0 Å². The fourth-order valence-electron chi connectivity index (χ4n) is 3.53. The Balaban J connectivity index is 1.81. The zero-order chi connectivity index (χ0) is 16.0. The van der Waals surface area contributed by atoms with Crippen LogP contribution in [-0.4, -0.2) is 27.2 Å². The van der Waals surface area contributed by atoms with Gasteiger partial charge in [0.2, 0.25) is 10.0 Å². The highest BCUT2D eigenvalue weighted by Crippen LogP contribution is 2.52. The third kappa shape index (κ3) is 2.75. The van der Waals surface area contributed by atoms with Gasteiger partial charge in [0, 0.05) is 11.6 Å². The number of sulfonamides is 1. The summed E-state index contributed by atoms with van der Waals surface area (Å²) in [6, 6.07) is 7.14. The number of ether oxygens (including phenoxy) is 1. The summed E-state index contributed by atoms with van der Waals surface area (Å²) in [5.41, 5.74) is 2.14. The van der Waals surface area contributed by atoms with E-state index in [4.69, 9.17) is 4.74 Å². The van der Waals surface area contributed by atoms with Gasteiger partial charge >= 0.3 is 5.97 Å². The molecule has 1 aliphatic carbocycles. The smallest absolute Gasteiger partial charge is 0.313 e. The summed E-state index contributed by atoms with van der Waals surface area (Å²) in [6.07, 6.45) is 3.25. The lowest BCUT2D eigenvalue weighted by Gasteiger charge is -2.24. The normalized spacial score (nSPS) is 27.6. The Morgan fingerprint density at radius 3 is 2.68 bits per heavy atom. The predicted molar refractivity (Wildman–Crippen MR) is 83.9 cm³/mol. The number of hydrogen-bond acceptors (Lipinski definition) is 4. The molecule has 0 bridgehead atoms. The van der Waals surface area contributed by atoms with Crippen LogP contribution in [0.15, 0.2) is 36.4 Å². The average molecular weight is 321 g/mol. The van der Waals surface area contributed by atoms with Gasteiger partial charge in [0.05, 0.1) is 18.3 Å². The first-order chi connectivity index (χ1) is 10.3. The van der Waals surface area contributed by atoms with Gasteiger partial charge < -0.3 is 4.74 Å². The molecule has 5 nitrogen and oxygen atoms in total. The lowest BCUT2D eigenvalue weighted by Crippen LogP contribution is -2.31. The molecular weight excluding hydrogens is 302 g/mol. The second-order valence-corrected chi connectivity index (χ2v) is 8.08. The number of hydrogen-bond donors (Lipinski definition) is 1. The van der Waals surface area contributed by atoms with E-state index in [1.807, 2.05) is 12.1 Å². The average Bonchev–Trinajstić information content (AvgIpc) is 2.87. The minimum Gasteiger partial charge on any atom is -0.465 e. The second kappa shape index (κ2) is 5.12. The number of esters is 1. The van der Waals surface area contributed by atoms with Crippen LogP contribution in [-0.2, 0) is 26.0 Å². The summed E-state index contributed by atoms with van der Waals surface area (Å²) in [7, 11) is -3.28. The number of benzene rings is 1. The molecule has 2 unspecified atom stereocenters. The van der Waals surface area contributed by atoms with Gasteiger partial charge in [-0.25, -0.2) is 8.42 Å². The van der Waals surface area contributed by atoms with Gasteiger partial charge in [-0.2, -0.15) is 0 Å². The van der Waals surface area contributed by atoms with Crippen molar-refractivity contribution in [3.63, 3.8) is 0 Å². The number of fused-ring (bicyclic) bond motifs is 1. The highest BCUT2D eigenvalue weighted by Gasteiger charge is 2.55. The number of carbonyl (C=O) groups is 1. The van der Waals surface area contributed by atoms with E-state index < -0.39 is 15.4 Å². The predicted octanol–water partition coefficient (Wildman–Crippen LogP) is 2.11. The standard InChI is InChI=1S/C16H19NO4S/c1-11-7-13-10-21-15(18)16(13,8-11)9-12-3-5-14(6-4-12)17-22(2,19)20/h3-6,13,17H,1,7-10H2,2H3. The second-order valence-electron chi connectivity index (χ2n) is 6.33. The number of nitrogens with one attached hydrogen (secondary N) is 1. The van der Waals surface area contributed by atoms with E-state index in [0.717, 1.165) is 23.8 Å². The lowest BCUT2D eigenvalue weighted by molar-refractivity contribution is -0.146. The van der Waals surface area contributed by atoms with E-state index in [1.54, 1.807) is 12.1 Å². The van der Waals surface area contributed by atoms with E-state index in [1.165, 1.54) is 0 Å². The molecule has 22 heavy (non-hydrogen) atoms. The summed E-state index contributed by atoms with van der Waals surface area (Å²) in [4.78, 5) is 12.2. The van der Waals surface area contributed by atoms with Crippen LogP contribution in [0.3, 0.4) is 0 Å². The summed E-state index contributed by atoms with van der Waals surface area (Å²) < 4.78 is 30.1. The number of anilines is 1. The van der Waals surface area contributed by atoms with Gasteiger partial charge in [-0.3, -0.25) is 9.52 Å². The fraction of sp³-hybridized carbons (Fsp3) is 0.438. The number of rotatable bonds is 4. The maximum Gasteiger partial charge on any atom is 0.313 e. The van der Waals surface area contributed by atoms with E-state index in [9.17, 15) is 13.2 Å². The van der Waals surface area contributed by atoms with Crippen molar-refractivity contribution < 1.29 is 17.9 Å². The first-order valence-electron chi connectivity index (χ1n) is 7.19. The fourth-order valence-corrected chi connectivity index (χ4v) is 4.10. The van der Waals surface area contributed by atoms with E-state index in [2.05, 4.69) is 11.3 Å². The molecule has 1 saturated carbocycles.